The molecule has 1 N–H and O–H groups in total. The van der Waals surface area contributed by atoms with E-state index in [1.165, 1.54) is 0 Å². The summed E-state index contributed by atoms with van der Waals surface area (Å²) >= 11 is 12.0. The van der Waals surface area contributed by atoms with Crippen LogP contribution in [0.4, 0.5) is 5.69 Å². The van der Waals surface area contributed by atoms with Crippen LogP contribution in [-0.2, 0) is 0 Å². The van der Waals surface area contributed by atoms with Crippen LogP contribution in [0.25, 0.3) is 0 Å². The fourth-order valence-electron chi connectivity index (χ4n) is 1.70. The molecule has 0 radical (unpaired) electrons. The first-order valence-corrected chi connectivity index (χ1v) is 6.96. The van der Waals surface area contributed by atoms with E-state index in [1.54, 1.807) is 36.4 Å². The lowest BCUT2D eigenvalue weighted by Crippen LogP contribution is -2.13. The van der Waals surface area contributed by atoms with Crippen molar-refractivity contribution >= 4 is 34.8 Å². The van der Waals surface area contributed by atoms with E-state index in [0.29, 0.717) is 21.4 Å². The van der Waals surface area contributed by atoms with Crippen LogP contribution >= 0.6 is 23.2 Å². The molecule has 2 aromatic rings. The number of para-hydroxylation sites is 1. The van der Waals surface area contributed by atoms with Crippen LogP contribution in [0.2, 0.25) is 10.2 Å². The van der Waals surface area contributed by atoms with Crippen molar-refractivity contribution in [1.29, 1.82) is 0 Å². The fourth-order valence-corrected chi connectivity index (χ4v) is 2.10. The number of benzene rings is 1. The molecule has 0 aliphatic rings. The predicted molar refractivity (Wildman–Crippen MR) is 82.7 cm³/mol. The zero-order chi connectivity index (χ0) is 14.7. The molecule has 1 amide bonds. The van der Waals surface area contributed by atoms with Gasteiger partial charge in [-0.25, -0.2) is 4.98 Å². The zero-order valence-corrected chi connectivity index (χ0v) is 12.7. The van der Waals surface area contributed by atoms with Gasteiger partial charge in [0, 0.05) is 11.3 Å². The van der Waals surface area contributed by atoms with Crippen LogP contribution in [-0.4, -0.2) is 10.9 Å². The van der Waals surface area contributed by atoms with E-state index in [0.717, 1.165) is 5.69 Å². The van der Waals surface area contributed by atoms with Gasteiger partial charge < -0.3 is 5.32 Å². The highest BCUT2D eigenvalue weighted by Gasteiger charge is 2.12. The third kappa shape index (κ3) is 3.50. The summed E-state index contributed by atoms with van der Waals surface area (Å²) in [5, 5.41) is 3.56. The van der Waals surface area contributed by atoms with Crippen molar-refractivity contribution in [2.75, 3.05) is 5.32 Å². The molecular formula is C15H14Cl2N2O. The van der Waals surface area contributed by atoms with Crippen molar-refractivity contribution in [1.82, 2.24) is 4.98 Å². The molecule has 1 heterocycles. The highest BCUT2D eigenvalue weighted by atomic mass is 35.5. The van der Waals surface area contributed by atoms with Gasteiger partial charge in [0.2, 0.25) is 0 Å². The van der Waals surface area contributed by atoms with Crippen LogP contribution in [0.15, 0.2) is 36.4 Å². The Kier molecular flexibility index (Phi) is 4.63. The molecule has 0 saturated carbocycles. The summed E-state index contributed by atoms with van der Waals surface area (Å²) in [6.07, 6.45) is 0. The Labute approximate surface area is 127 Å². The summed E-state index contributed by atoms with van der Waals surface area (Å²) in [4.78, 5) is 16.4. The van der Waals surface area contributed by atoms with E-state index in [2.05, 4.69) is 10.3 Å². The number of aromatic nitrogens is 1. The Bertz CT molecular complexity index is 642. The molecule has 0 bridgehead atoms. The van der Waals surface area contributed by atoms with Gasteiger partial charge in [-0.3, -0.25) is 4.79 Å². The summed E-state index contributed by atoms with van der Waals surface area (Å²) in [5.41, 5.74) is 1.81. The molecule has 20 heavy (non-hydrogen) atoms. The Morgan fingerprint density at radius 3 is 2.55 bits per heavy atom. The first-order chi connectivity index (χ1) is 9.47. The van der Waals surface area contributed by atoms with Gasteiger partial charge in [0.25, 0.3) is 5.91 Å². The van der Waals surface area contributed by atoms with E-state index in [4.69, 9.17) is 23.2 Å². The second kappa shape index (κ2) is 6.25. The molecule has 3 nitrogen and oxygen atoms in total. The van der Waals surface area contributed by atoms with E-state index >= 15 is 0 Å². The van der Waals surface area contributed by atoms with Gasteiger partial charge in [-0.1, -0.05) is 49.2 Å². The van der Waals surface area contributed by atoms with Crippen LogP contribution in [0.5, 0.6) is 0 Å². The largest absolute Gasteiger partial charge is 0.321 e. The normalized spacial score (nSPS) is 10.7. The summed E-state index contributed by atoms with van der Waals surface area (Å²) in [6.45, 7) is 3.99. The number of carbonyl (C=O) groups is 1. The highest BCUT2D eigenvalue weighted by molar-refractivity contribution is 6.34. The lowest BCUT2D eigenvalue weighted by atomic mass is 10.1. The SMILES string of the molecule is CC(C)c1cc(C(=O)Nc2ccccc2Cl)cc(Cl)n1. The molecule has 5 heteroatoms. The van der Waals surface area contributed by atoms with Gasteiger partial charge in [0.1, 0.15) is 5.15 Å². The smallest absolute Gasteiger partial charge is 0.255 e. The first kappa shape index (κ1) is 14.8. The van der Waals surface area contributed by atoms with Crippen molar-refractivity contribution < 1.29 is 4.79 Å². The van der Waals surface area contributed by atoms with Gasteiger partial charge in [-0.05, 0) is 30.2 Å². The zero-order valence-electron chi connectivity index (χ0n) is 11.2. The van der Waals surface area contributed by atoms with Crippen LogP contribution in [0, 0.1) is 0 Å². The molecule has 1 aromatic carbocycles. The Morgan fingerprint density at radius 1 is 1.20 bits per heavy atom. The maximum Gasteiger partial charge on any atom is 0.255 e. The average Bonchev–Trinajstić information content (AvgIpc) is 2.40. The number of hydrogen-bond acceptors (Lipinski definition) is 2. The summed E-state index contributed by atoms with van der Waals surface area (Å²) in [6, 6.07) is 10.4. The maximum atomic E-state index is 12.2. The van der Waals surface area contributed by atoms with E-state index in [9.17, 15) is 4.79 Å². The number of hydrogen-bond donors (Lipinski definition) is 1. The Morgan fingerprint density at radius 2 is 1.90 bits per heavy atom. The van der Waals surface area contributed by atoms with Crippen LogP contribution in [0.3, 0.4) is 0 Å². The number of nitrogens with zero attached hydrogens (tertiary/aromatic N) is 1. The Hall–Kier alpha value is -1.58. The molecule has 0 spiro atoms. The molecule has 104 valence electrons. The number of amides is 1. The van der Waals surface area contributed by atoms with Crippen molar-refractivity contribution in [3.05, 3.63) is 57.8 Å². The minimum atomic E-state index is -0.260. The summed E-state index contributed by atoms with van der Waals surface area (Å²) in [5.74, 6) is -0.0649. The summed E-state index contributed by atoms with van der Waals surface area (Å²) < 4.78 is 0. The molecule has 0 aliphatic carbocycles. The third-order valence-electron chi connectivity index (χ3n) is 2.79. The molecule has 1 aromatic heterocycles. The quantitative estimate of drug-likeness (QED) is 0.830. The molecular weight excluding hydrogens is 295 g/mol. The van der Waals surface area contributed by atoms with E-state index in [1.807, 2.05) is 13.8 Å². The van der Waals surface area contributed by atoms with E-state index in [-0.39, 0.29) is 11.8 Å². The molecule has 0 fully saturated rings. The molecule has 0 saturated heterocycles. The van der Waals surface area contributed by atoms with Gasteiger partial charge in [-0.15, -0.1) is 0 Å². The number of rotatable bonds is 3. The third-order valence-corrected chi connectivity index (χ3v) is 3.31. The lowest BCUT2D eigenvalue weighted by Gasteiger charge is -2.10. The number of nitrogens with one attached hydrogen (secondary N) is 1. The average molecular weight is 309 g/mol. The molecule has 0 unspecified atom stereocenters. The molecule has 0 aliphatic heterocycles. The number of anilines is 1. The second-order valence-electron chi connectivity index (χ2n) is 4.69. The van der Waals surface area contributed by atoms with E-state index < -0.39 is 0 Å². The minimum Gasteiger partial charge on any atom is -0.321 e. The monoisotopic (exact) mass is 308 g/mol. The highest BCUT2D eigenvalue weighted by Crippen LogP contribution is 2.22. The molecule has 0 atom stereocenters. The standard InChI is InChI=1S/C15H14Cl2N2O/c1-9(2)13-7-10(8-14(17)18-13)15(20)19-12-6-4-3-5-11(12)16/h3-9H,1-2H3,(H,19,20). The Balaban J connectivity index is 2.28. The number of halogens is 2. The lowest BCUT2D eigenvalue weighted by molar-refractivity contribution is 0.102. The second-order valence-corrected chi connectivity index (χ2v) is 5.49. The summed E-state index contributed by atoms with van der Waals surface area (Å²) in [7, 11) is 0. The fraction of sp³-hybridized carbons (Fsp3) is 0.200. The number of pyridine rings is 1. The maximum absolute atomic E-state index is 12.2. The topological polar surface area (TPSA) is 42.0 Å². The van der Waals surface area contributed by atoms with Crippen LogP contribution in [0.1, 0.15) is 35.8 Å². The van der Waals surface area contributed by atoms with Gasteiger partial charge in [0.15, 0.2) is 0 Å². The van der Waals surface area contributed by atoms with Crippen molar-refractivity contribution in [2.24, 2.45) is 0 Å². The van der Waals surface area contributed by atoms with Gasteiger partial charge in [0.05, 0.1) is 10.7 Å². The van der Waals surface area contributed by atoms with Gasteiger partial charge >= 0.3 is 0 Å². The predicted octanol–water partition coefficient (Wildman–Crippen LogP) is 4.76. The number of carbonyl (C=O) groups excluding carboxylic acids is 1. The van der Waals surface area contributed by atoms with Gasteiger partial charge in [-0.2, -0.15) is 0 Å². The first-order valence-electron chi connectivity index (χ1n) is 6.20. The van der Waals surface area contributed by atoms with Crippen LogP contribution < -0.4 is 5.32 Å². The van der Waals surface area contributed by atoms with Crippen molar-refractivity contribution in [3.63, 3.8) is 0 Å². The van der Waals surface area contributed by atoms with Crippen molar-refractivity contribution in [3.8, 4) is 0 Å². The molecule has 2 rings (SSSR count). The van der Waals surface area contributed by atoms with Crippen molar-refractivity contribution in [2.45, 2.75) is 19.8 Å². The minimum absolute atomic E-state index is 0.195.